The number of Topliss-reactive ketones (excluding diaryl/α,β-unsaturated/α-hetero) is 1. The van der Waals surface area contributed by atoms with E-state index in [-0.39, 0.29) is 12.2 Å². The Labute approximate surface area is 110 Å². The Balaban J connectivity index is 2.40. The van der Waals surface area contributed by atoms with Crippen molar-refractivity contribution in [3.05, 3.63) is 35.4 Å². The Kier molecular flexibility index (Phi) is 5.54. The lowest BCUT2D eigenvalue weighted by molar-refractivity contribution is -0.175. The SMILES string of the molecule is CC(C)c1ccc(CC(=O)COCC(F)(F)F)cc1. The van der Waals surface area contributed by atoms with Crippen molar-refractivity contribution in [2.24, 2.45) is 0 Å². The van der Waals surface area contributed by atoms with Gasteiger partial charge in [0.25, 0.3) is 0 Å². The molecule has 0 aliphatic heterocycles. The van der Waals surface area contributed by atoms with Crippen LogP contribution >= 0.6 is 0 Å². The monoisotopic (exact) mass is 274 g/mol. The maximum atomic E-state index is 11.8. The summed E-state index contributed by atoms with van der Waals surface area (Å²) < 4.78 is 39.8. The Morgan fingerprint density at radius 1 is 1.21 bits per heavy atom. The van der Waals surface area contributed by atoms with Crippen LogP contribution in [0.15, 0.2) is 24.3 Å². The summed E-state index contributed by atoms with van der Waals surface area (Å²) in [5, 5.41) is 0. The molecule has 0 saturated carbocycles. The summed E-state index contributed by atoms with van der Waals surface area (Å²) in [6.45, 7) is 2.23. The van der Waals surface area contributed by atoms with Gasteiger partial charge in [0.1, 0.15) is 13.2 Å². The highest BCUT2D eigenvalue weighted by atomic mass is 19.4. The van der Waals surface area contributed by atoms with Crippen molar-refractivity contribution >= 4 is 5.78 Å². The molecule has 0 spiro atoms. The lowest BCUT2D eigenvalue weighted by Crippen LogP contribution is -2.21. The van der Waals surface area contributed by atoms with Crippen molar-refractivity contribution in [1.29, 1.82) is 0 Å². The number of alkyl halides is 3. The Bertz CT molecular complexity index is 408. The summed E-state index contributed by atoms with van der Waals surface area (Å²) in [7, 11) is 0. The standard InChI is InChI=1S/C14H17F3O2/c1-10(2)12-5-3-11(4-6-12)7-13(18)8-19-9-14(15,16)17/h3-6,10H,7-9H2,1-2H3. The molecule has 106 valence electrons. The maximum Gasteiger partial charge on any atom is 0.411 e. The second-order valence-electron chi connectivity index (χ2n) is 4.72. The number of hydrogen-bond donors (Lipinski definition) is 0. The van der Waals surface area contributed by atoms with E-state index < -0.39 is 19.4 Å². The fraction of sp³-hybridized carbons (Fsp3) is 0.500. The molecule has 0 amide bonds. The normalized spacial score (nSPS) is 11.9. The zero-order valence-electron chi connectivity index (χ0n) is 11.0. The molecule has 1 aromatic rings. The van der Waals surface area contributed by atoms with Gasteiger partial charge in [0, 0.05) is 6.42 Å². The molecule has 0 aromatic heterocycles. The molecule has 0 atom stereocenters. The number of halogens is 3. The van der Waals surface area contributed by atoms with Gasteiger partial charge in [0.05, 0.1) is 0 Å². The highest BCUT2D eigenvalue weighted by Crippen LogP contribution is 2.16. The molecule has 0 heterocycles. The van der Waals surface area contributed by atoms with Crippen LogP contribution in [0.3, 0.4) is 0 Å². The van der Waals surface area contributed by atoms with Gasteiger partial charge in [-0.1, -0.05) is 38.1 Å². The van der Waals surface area contributed by atoms with Gasteiger partial charge in [-0.2, -0.15) is 13.2 Å². The minimum Gasteiger partial charge on any atom is -0.364 e. The summed E-state index contributed by atoms with van der Waals surface area (Å²) >= 11 is 0. The van der Waals surface area contributed by atoms with Crippen LogP contribution in [-0.4, -0.2) is 25.2 Å². The fourth-order valence-electron chi connectivity index (χ4n) is 1.58. The number of carbonyl (C=O) groups is 1. The molecule has 0 N–H and O–H groups in total. The zero-order valence-corrected chi connectivity index (χ0v) is 11.0. The minimum atomic E-state index is -4.39. The lowest BCUT2D eigenvalue weighted by atomic mass is 10.0. The summed E-state index contributed by atoms with van der Waals surface area (Å²) in [6, 6.07) is 7.47. The van der Waals surface area contributed by atoms with Gasteiger partial charge in [-0.15, -0.1) is 0 Å². The van der Waals surface area contributed by atoms with Crippen LogP contribution in [0.25, 0.3) is 0 Å². The maximum absolute atomic E-state index is 11.8. The number of ketones is 1. The van der Waals surface area contributed by atoms with E-state index in [1.807, 2.05) is 24.3 Å². The van der Waals surface area contributed by atoms with E-state index in [4.69, 9.17) is 0 Å². The first-order chi connectivity index (χ1) is 8.78. The molecule has 0 fully saturated rings. The van der Waals surface area contributed by atoms with Crippen LogP contribution in [0.4, 0.5) is 13.2 Å². The summed E-state index contributed by atoms with van der Waals surface area (Å²) in [6.07, 6.45) is -4.30. The van der Waals surface area contributed by atoms with Crippen LogP contribution < -0.4 is 0 Å². The van der Waals surface area contributed by atoms with E-state index in [0.717, 1.165) is 11.1 Å². The second kappa shape index (κ2) is 6.70. The average Bonchev–Trinajstić information content (AvgIpc) is 2.27. The molecule has 1 aromatic carbocycles. The van der Waals surface area contributed by atoms with E-state index >= 15 is 0 Å². The second-order valence-corrected chi connectivity index (χ2v) is 4.72. The van der Waals surface area contributed by atoms with Crippen LogP contribution in [0.2, 0.25) is 0 Å². The van der Waals surface area contributed by atoms with Gasteiger partial charge in [-0.3, -0.25) is 4.79 Å². The van der Waals surface area contributed by atoms with Crippen LogP contribution in [0, 0.1) is 0 Å². The first-order valence-corrected chi connectivity index (χ1v) is 6.03. The Morgan fingerprint density at radius 2 is 1.79 bits per heavy atom. The van der Waals surface area contributed by atoms with Crippen molar-refractivity contribution in [2.75, 3.05) is 13.2 Å². The highest BCUT2D eigenvalue weighted by Gasteiger charge is 2.27. The molecule has 5 heteroatoms. The minimum absolute atomic E-state index is 0.0935. The van der Waals surface area contributed by atoms with Crippen molar-refractivity contribution in [3.63, 3.8) is 0 Å². The van der Waals surface area contributed by atoms with Gasteiger partial charge in [-0.25, -0.2) is 0 Å². The third-order valence-electron chi connectivity index (χ3n) is 2.58. The van der Waals surface area contributed by atoms with Crippen molar-refractivity contribution < 1.29 is 22.7 Å². The molecule has 0 aliphatic carbocycles. The van der Waals surface area contributed by atoms with Gasteiger partial charge >= 0.3 is 6.18 Å². The summed E-state index contributed by atoms with van der Waals surface area (Å²) in [5.41, 5.74) is 1.94. The number of rotatable bonds is 6. The molecule has 1 rings (SSSR count). The Hall–Kier alpha value is -1.36. The van der Waals surface area contributed by atoms with Crippen LogP contribution in [0.1, 0.15) is 30.9 Å². The molecule has 0 unspecified atom stereocenters. The predicted octanol–water partition coefficient (Wildman–Crippen LogP) is 3.50. The zero-order chi connectivity index (χ0) is 14.5. The molecule has 19 heavy (non-hydrogen) atoms. The molecular weight excluding hydrogens is 257 g/mol. The van der Waals surface area contributed by atoms with Gasteiger partial charge < -0.3 is 4.74 Å². The molecule has 0 saturated heterocycles. The molecular formula is C14H17F3O2. The largest absolute Gasteiger partial charge is 0.411 e. The quantitative estimate of drug-likeness (QED) is 0.793. The first-order valence-electron chi connectivity index (χ1n) is 6.03. The van der Waals surface area contributed by atoms with Gasteiger partial charge in [-0.05, 0) is 17.0 Å². The Morgan fingerprint density at radius 3 is 2.26 bits per heavy atom. The smallest absolute Gasteiger partial charge is 0.364 e. The van der Waals surface area contributed by atoms with E-state index in [1.54, 1.807) is 0 Å². The number of ether oxygens (including phenoxy) is 1. The third kappa shape index (κ3) is 6.38. The fourth-order valence-corrected chi connectivity index (χ4v) is 1.58. The van der Waals surface area contributed by atoms with E-state index in [9.17, 15) is 18.0 Å². The molecule has 0 bridgehead atoms. The topological polar surface area (TPSA) is 26.3 Å². The molecule has 0 aliphatic rings. The first kappa shape index (κ1) is 15.7. The number of carbonyl (C=O) groups excluding carboxylic acids is 1. The molecule has 2 nitrogen and oxygen atoms in total. The summed E-state index contributed by atoms with van der Waals surface area (Å²) in [4.78, 5) is 11.4. The average molecular weight is 274 g/mol. The third-order valence-corrected chi connectivity index (χ3v) is 2.58. The van der Waals surface area contributed by atoms with Crippen molar-refractivity contribution in [2.45, 2.75) is 32.4 Å². The van der Waals surface area contributed by atoms with Crippen molar-refractivity contribution in [1.82, 2.24) is 0 Å². The van der Waals surface area contributed by atoms with Gasteiger partial charge in [0.2, 0.25) is 0 Å². The number of hydrogen-bond acceptors (Lipinski definition) is 2. The van der Waals surface area contributed by atoms with E-state index in [1.165, 1.54) is 0 Å². The molecule has 0 radical (unpaired) electrons. The predicted molar refractivity (Wildman–Crippen MR) is 66.1 cm³/mol. The highest BCUT2D eigenvalue weighted by molar-refractivity contribution is 5.82. The summed E-state index contributed by atoms with van der Waals surface area (Å²) in [5.74, 6) is 0.0430. The van der Waals surface area contributed by atoms with Gasteiger partial charge in [0.15, 0.2) is 5.78 Å². The number of benzene rings is 1. The van der Waals surface area contributed by atoms with Crippen molar-refractivity contribution in [3.8, 4) is 0 Å². The van der Waals surface area contributed by atoms with Crippen LogP contribution in [-0.2, 0) is 16.0 Å². The van der Waals surface area contributed by atoms with Crippen LogP contribution in [0.5, 0.6) is 0 Å². The van der Waals surface area contributed by atoms with E-state index in [0.29, 0.717) is 5.92 Å². The van der Waals surface area contributed by atoms with E-state index in [2.05, 4.69) is 18.6 Å². The lowest BCUT2D eigenvalue weighted by Gasteiger charge is -2.08.